The van der Waals surface area contributed by atoms with E-state index in [1.54, 1.807) is 0 Å². The second-order valence-electron chi connectivity index (χ2n) is 4.65. The van der Waals surface area contributed by atoms with Crippen molar-refractivity contribution in [3.8, 4) is 0 Å². The lowest BCUT2D eigenvalue weighted by Gasteiger charge is -2.30. The van der Waals surface area contributed by atoms with Gasteiger partial charge >= 0.3 is 0 Å². The van der Waals surface area contributed by atoms with Crippen molar-refractivity contribution in [3.05, 3.63) is 29.6 Å². The van der Waals surface area contributed by atoms with Gasteiger partial charge in [-0.1, -0.05) is 6.07 Å². The third kappa shape index (κ3) is 3.77. The Kier molecular flexibility index (Phi) is 4.48. The molecular weight excluding hydrogens is 214 g/mol. The molecule has 4 nitrogen and oxygen atoms in total. The van der Waals surface area contributed by atoms with Gasteiger partial charge in [0.1, 0.15) is 0 Å². The van der Waals surface area contributed by atoms with Crippen molar-refractivity contribution in [2.24, 2.45) is 0 Å². The number of hydrogen-bond donors (Lipinski definition) is 1. The maximum Gasteiger partial charge on any atom is 0.0826 e. The van der Waals surface area contributed by atoms with Crippen molar-refractivity contribution >= 4 is 0 Å². The molecule has 94 valence electrons. The van der Waals surface area contributed by atoms with Crippen LogP contribution in [0.25, 0.3) is 0 Å². The summed E-state index contributed by atoms with van der Waals surface area (Å²) in [4.78, 5) is 6.67. The zero-order valence-electron chi connectivity index (χ0n) is 10.6. The number of ether oxygens (including phenoxy) is 1. The monoisotopic (exact) mass is 235 g/mol. The Balaban J connectivity index is 1.74. The summed E-state index contributed by atoms with van der Waals surface area (Å²) >= 11 is 0. The number of aromatic nitrogens is 1. The Bertz CT molecular complexity index is 356. The fourth-order valence-corrected chi connectivity index (χ4v) is 2.05. The first-order chi connectivity index (χ1) is 8.25. The van der Waals surface area contributed by atoms with Crippen molar-refractivity contribution < 1.29 is 4.74 Å². The molecule has 1 aliphatic rings. The van der Waals surface area contributed by atoms with Gasteiger partial charge in [-0.3, -0.25) is 4.98 Å². The second kappa shape index (κ2) is 6.10. The van der Waals surface area contributed by atoms with Crippen molar-refractivity contribution in [2.75, 3.05) is 33.3 Å². The van der Waals surface area contributed by atoms with E-state index in [9.17, 15) is 0 Å². The third-order valence-corrected chi connectivity index (χ3v) is 3.12. The molecule has 0 bridgehead atoms. The predicted molar refractivity (Wildman–Crippen MR) is 67.9 cm³/mol. The fraction of sp³-hybridized carbons (Fsp3) is 0.615. The van der Waals surface area contributed by atoms with Crippen LogP contribution < -0.4 is 5.32 Å². The number of morpholine rings is 1. The molecule has 0 amide bonds. The quantitative estimate of drug-likeness (QED) is 0.838. The lowest BCUT2D eigenvalue weighted by Crippen LogP contribution is -2.44. The van der Waals surface area contributed by atoms with Crippen molar-refractivity contribution in [2.45, 2.75) is 19.6 Å². The first-order valence-corrected chi connectivity index (χ1v) is 6.17. The Morgan fingerprint density at radius 3 is 3.24 bits per heavy atom. The van der Waals surface area contributed by atoms with Gasteiger partial charge in [0.15, 0.2) is 0 Å². The number of hydrogen-bond acceptors (Lipinski definition) is 4. The summed E-state index contributed by atoms with van der Waals surface area (Å²) in [7, 11) is 2.14. The van der Waals surface area contributed by atoms with Crippen LogP contribution in [0.4, 0.5) is 0 Å². The highest BCUT2D eigenvalue weighted by Crippen LogP contribution is 2.04. The topological polar surface area (TPSA) is 37.4 Å². The molecule has 4 heteroatoms. The molecule has 1 unspecified atom stereocenters. The standard InChI is InChI=1S/C13H21N3O/c1-11-4-3-5-15-13(11)9-14-8-12-10-16(2)6-7-17-12/h3-5,12,14H,6-10H2,1-2H3. The first kappa shape index (κ1) is 12.5. The Labute approximate surface area is 103 Å². The van der Waals surface area contributed by atoms with Crippen LogP contribution in [-0.4, -0.2) is 49.3 Å². The number of aryl methyl sites for hydroxylation is 1. The van der Waals surface area contributed by atoms with E-state index in [1.807, 2.05) is 12.3 Å². The van der Waals surface area contributed by atoms with Crippen LogP contribution in [0.1, 0.15) is 11.3 Å². The lowest BCUT2D eigenvalue weighted by atomic mass is 10.2. The molecule has 0 saturated carbocycles. The Hall–Kier alpha value is -0.970. The van der Waals surface area contributed by atoms with Crippen LogP contribution in [-0.2, 0) is 11.3 Å². The predicted octanol–water partition coefficient (Wildman–Crippen LogP) is 0.810. The average Bonchev–Trinajstić information content (AvgIpc) is 2.32. The van der Waals surface area contributed by atoms with E-state index in [2.05, 4.69) is 35.2 Å². The number of pyridine rings is 1. The first-order valence-electron chi connectivity index (χ1n) is 6.17. The minimum atomic E-state index is 0.303. The molecule has 1 atom stereocenters. The number of nitrogens with zero attached hydrogens (tertiary/aromatic N) is 2. The van der Waals surface area contributed by atoms with Crippen molar-refractivity contribution in [3.63, 3.8) is 0 Å². The Morgan fingerprint density at radius 2 is 2.47 bits per heavy atom. The maximum atomic E-state index is 5.69. The summed E-state index contributed by atoms with van der Waals surface area (Å²) < 4.78 is 5.69. The van der Waals surface area contributed by atoms with Crippen LogP contribution in [0.15, 0.2) is 18.3 Å². The van der Waals surface area contributed by atoms with Gasteiger partial charge in [-0.25, -0.2) is 0 Å². The van der Waals surface area contributed by atoms with Gasteiger partial charge in [-0.15, -0.1) is 0 Å². The summed E-state index contributed by atoms with van der Waals surface area (Å²) in [5.41, 5.74) is 2.36. The molecular formula is C13H21N3O. The Morgan fingerprint density at radius 1 is 1.59 bits per heavy atom. The fourth-order valence-electron chi connectivity index (χ4n) is 2.05. The normalized spacial score (nSPS) is 21.6. The summed E-state index contributed by atoms with van der Waals surface area (Å²) in [5, 5.41) is 3.42. The van der Waals surface area contributed by atoms with Gasteiger partial charge in [0.25, 0.3) is 0 Å². The van der Waals surface area contributed by atoms with Crippen LogP contribution in [0, 0.1) is 6.92 Å². The van der Waals surface area contributed by atoms with E-state index in [4.69, 9.17) is 4.74 Å². The zero-order chi connectivity index (χ0) is 12.1. The number of nitrogens with one attached hydrogen (secondary N) is 1. The molecule has 2 heterocycles. The number of likely N-dealkylation sites (N-methyl/N-ethyl adjacent to an activating group) is 1. The van der Waals surface area contributed by atoms with Gasteiger partial charge in [0.05, 0.1) is 18.4 Å². The summed E-state index contributed by atoms with van der Waals surface area (Å²) in [6, 6.07) is 4.06. The summed E-state index contributed by atoms with van der Waals surface area (Å²) in [6.45, 7) is 6.68. The van der Waals surface area contributed by atoms with E-state index in [0.717, 1.165) is 38.5 Å². The summed E-state index contributed by atoms with van der Waals surface area (Å²) in [6.07, 6.45) is 2.15. The number of rotatable bonds is 4. The van der Waals surface area contributed by atoms with E-state index >= 15 is 0 Å². The second-order valence-corrected chi connectivity index (χ2v) is 4.65. The van der Waals surface area contributed by atoms with Crippen molar-refractivity contribution in [1.29, 1.82) is 0 Å². The molecule has 1 saturated heterocycles. The minimum Gasteiger partial charge on any atom is -0.374 e. The highest BCUT2D eigenvalue weighted by molar-refractivity contribution is 5.17. The minimum absolute atomic E-state index is 0.303. The molecule has 17 heavy (non-hydrogen) atoms. The lowest BCUT2D eigenvalue weighted by molar-refractivity contribution is -0.0182. The van der Waals surface area contributed by atoms with Gasteiger partial charge in [0.2, 0.25) is 0 Å². The molecule has 0 radical (unpaired) electrons. The SMILES string of the molecule is Cc1cccnc1CNCC1CN(C)CCO1. The molecule has 2 rings (SSSR count). The van der Waals surface area contributed by atoms with E-state index in [1.165, 1.54) is 5.56 Å². The van der Waals surface area contributed by atoms with E-state index in [0.29, 0.717) is 6.10 Å². The van der Waals surface area contributed by atoms with Gasteiger partial charge in [0, 0.05) is 32.4 Å². The van der Waals surface area contributed by atoms with Gasteiger partial charge < -0.3 is 15.0 Å². The molecule has 0 aliphatic carbocycles. The van der Waals surface area contributed by atoms with Crippen LogP contribution >= 0.6 is 0 Å². The van der Waals surface area contributed by atoms with Crippen LogP contribution in [0.5, 0.6) is 0 Å². The molecule has 0 spiro atoms. The maximum absolute atomic E-state index is 5.69. The smallest absolute Gasteiger partial charge is 0.0826 e. The average molecular weight is 235 g/mol. The zero-order valence-corrected chi connectivity index (χ0v) is 10.6. The summed E-state index contributed by atoms with van der Waals surface area (Å²) in [5.74, 6) is 0. The largest absolute Gasteiger partial charge is 0.374 e. The highest BCUT2D eigenvalue weighted by atomic mass is 16.5. The molecule has 1 N–H and O–H groups in total. The molecule has 1 fully saturated rings. The van der Waals surface area contributed by atoms with E-state index in [-0.39, 0.29) is 0 Å². The van der Waals surface area contributed by atoms with Crippen LogP contribution in [0.3, 0.4) is 0 Å². The van der Waals surface area contributed by atoms with E-state index < -0.39 is 0 Å². The third-order valence-electron chi connectivity index (χ3n) is 3.12. The molecule has 0 aromatic carbocycles. The van der Waals surface area contributed by atoms with Gasteiger partial charge in [-0.2, -0.15) is 0 Å². The van der Waals surface area contributed by atoms with Crippen LogP contribution in [0.2, 0.25) is 0 Å². The molecule has 1 aliphatic heterocycles. The highest BCUT2D eigenvalue weighted by Gasteiger charge is 2.16. The van der Waals surface area contributed by atoms with Gasteiger partial charge in [-0.05, 0) is 25.6 Å². The molecule has 1 aromatic rings. The van der Waals surface area contributed by atoms with Crippen molar-refractivity contribution in [1.82, 2.24) is 15.2 Å². The molecule has 1 aromatic heterocycles.